The van der Waals surface area contributed by atoms with Crippen LogP contribution in [0, 0.1) is 5.92 Å². The lowest BCUT2D eigenvalue weighted by molar-refractivity contribution is -0.154. The Labute approximate surface area is 178 Å². The summed E-state index contributed by atoms with van der Waals surface area (Å²) in [6.07, 6.45) is -1.13. The zero-order chi connectivity index (χ0) is 23.0. The maximum atomic E-state index is 12.7. The van der Waals surface area contributed by atoms with Crippen molar-refractivity contribution in [1.82, 2.24) is 20.6 Å². The molecular formula is C21H25F3N4O3. The molecule has 2 N–H and O–H groups in total. The van der Waals surface area contributed by atoms with E-state index in [1.165, 1.54) is 18.3 Å². The van der Waals surface area contributed by atoms with Crippen LogP contribution in [-0.4, -0.2) is 41.1 Å². The predicted molar refractivity (Wildman–Crippen MR) is 107 cm³/mol. The number of halogens is 3. The van der Waals surface area contributed by atoms with Gasteiger partial charge in [-0.05, 0) is 24.6 Å². The van der Waals surface area contributed by atoms with E-state index in [-0.39, 0.29) is 23.6 Å². The Morgan fingerprint density at radius 3 is 2.48 bits per heavy atom. The number of hydrogen-bond acceptors (Lipinski definition) is 5. The van der Waals surface area contributed by atoms with Gasteiger partial charge in [-0.1, -0.05) is 19.9 Å². The Bertz CT molecular complexity index is 886. The topological polar surface area (TPSA) is 93.2 Å². The number of amides is 2. The lowest BCUT2D eigenvalue weighted by Crippen LogP contribution is -2.31. The summed E-state index contributed by atoms with van der Waals surface area (Å²) in [5.41, 5.74) is 1.53. The van der Waals surface area contributed by atoms with Crippen LogP contribution in [-0.2, 0) is 11.2 Å². The van der Waals surface area contributed by atoms with Gasteiger partial charge in [0.1, 0.15) is 0 Å². The minimum absolute atomic E-state index is 0.0780. The molecule has 31 heavy (non-hydrogen) atoms. The van der Waals surface area contributed by atoms with Crippen LogP contribution >= 0.6 is 0 Å². The minimum Gasteiger partial charge on any atom is -0.468 e. The fraction of sp³-hybridized carbons (Fsp3) is 0.429. The van der Waals surface area contributed by atoms with Crippen LogP contribution in [0.15, 0.2) is 36.7 Å². The number of carbonyl (C=O) groups is 2. The van der Waals surface area contributed by atoms with Crippen molar-refractivity contribution in [3.63, 3.8) is 0 Å². The smallest absolute Gasteiger partial charge is 0.422 e. The van der Waals surface area contributed by atoms with Crippen molar-refractivity contribution in [3.8, 4) is 5.88 Å². The summed E-state index contributed by atoms with van der Waals surface area (Å²) in [7, 11) is 0. The van der Waals surface area contributed by atoms with Crippen molar-refractivity contribution in [2.24, 2.45) is 5.92 Å². The van der Waals surface area contributed by atoms with E-state index in [0.29, 0.717) is 29.8 Å². The highest BCUT2D eigenvalue weighted by atomic mass is 19.4. The number of ether oxygens (including phenoxy) is 1. The van der Waals surface area contributed by atoms with Gasteiger partial charge in [0.25, 0.3) is 5.91 Å². The van der Waals surface area contributed by atoms with E-state index < -0.39 is 18.8 Å². The summed E-state index contributed by atoms with van der Waals surface area (Å²) in [5.74, 6) is -0.724. The molecular weight excluding hydrogens is 413 g/mol. The average Bonchev–Trinajstić information content (AvgIpc) is 2.72. The van der Waals surface area contributed by atoms with Crippen molar-refractivity contribution in [1.29, 1.82) is 0 Å². The summed E-state index contributed by atoms with van der Waals surface area (Å²) in [6.45, 7) is 4.24. The van der Waals surface area contributed by atoms with Crippen molar-refractivity contribution >= 4 is 11.8 Å². The van der Waals surface area contributed by atoms with Crippen molar-refractivity contribution in [2.45, 2.75) is 39.4 Å². The first kappa shape index (κ1) is 24.1. The lowest BCUT2D eigenvalue weighted by Gasteiger charge is -2.16. The van der Waals surface area contributed by atoms with E-state index in [0.717, 1.165) is 0 Å². The Kier molecular flexibility index (Phi) is 8.35. The van der Waals surface area contributed by atoms with Gasteiger partial charge >= 0.3 is 6.18 Å². The molecule has 0 spiro atoms. The molecule has 0 saturated heterocycles. The first-order chi connectivity index (χ1) is 14.6. The van der Waals surface area contributed by atoms with E-state index in [1.807, 2.05) is 0 Å². The van der Waals surface area contributed by atoms with Gasteiger partial charge in [-0.2, -0.15) is 13.2 Å². The van der Waals surface area contributed by atoms with Crippen molar-refractivity contribution < 1.29 is 27.5 Å². The summed E-state index contributed by atoms with van der Waals surface area (Å²) in [6, 6.07) is 5.68. The van der Waals surface area contributed by atoms with Crippen molar-refractivity contribution in [3.05, 3.63) is 53.5 Å². The van der Waals surface area contributed by atoms with Gasteiger partial charge in [0.2, 0.25) is 11.8 Å². The number of hydrogen-bond donors (Lipinski definition) is 2. The average molecular weight is 438 g/mol. The predicted octanol–water partition coefficient (Wildman–Crippen LogP) is 3.22. The zero-order valence-corrected chi connectivity index (χ0v) is 17.5. The van der Waals surface area contributed by atoms with Gasteiger partial charge < -0.3 is 15.4 Å². The molecule has 1 unspecified atom stereocenters. The first-order valence-corrected chi connectivity index (χ1v) is 9.75. The van der Waals surface area contributed by atoms with Crippen molar-refractivity contribution in [2.75, 3.05) is 13.2 Å². The highest BCUT2D eigenvalue weighted by molar-refractivity contribution is 5.95. The van der Waals surface area contributed by atoms with Crippen LogP contribution in [0.2, 0.25) is 0 Å². The highest BCUT2D eigenvalue weighted by Crippen LogP contribution is 2.19. The molecule has 1 atom stereocenters. The van der Waals surface area contributed by atoms with Crippen LogP contribution in [0.5, 0.6) is 5.88 Å². The molecule has 0 aromatic carbocycles. The molecule has 10 heteroatoms. The number of nitrogens with one attached hydrogen (secondary N) is 2. The summed E-state index contributed by atoms with van der Waals surface area (Å²) >= 11 is 0. The lowest BCUT2D eigenvalue weighted by atomic mass is 10.1. The summed E-state index contributed by atoms with van der Waals surface area (Å²) < 4.78 is 41.2. The van der Waals surface area contributed by atoms with Crippen LogP contribution in [0.25, 0.3) is 0 Å². The molecule has 2 amide bonds. The molecule has 7 nitrogen and oxygen atoms in total. The monoisotopic (exact) mass is 438 g/mol. The SMILES string of the molecule is CC(C)C(=O)NCCc1ncccc1C(=O)NC(C)c1ccc(OCC(F)(F)F)nc1. The van der Waals surface area contributed by atoms with E-state index in [1.54, 1.807) is 39.1 Å². The number of rotatable bonds is 9. The fourth-order valence-electron chi connectivity index (χ4n) is 2.60. The minimum atomic E-state index is -4.44. The van der Waals surface area contributed by atoms with E-state index in [9.17, 15) is 22.8 Å². The third-order valence-corrected chi connectivity index (χ3v) is 4.31. The molecule has 0 aliphatic carbocycles. The molecule has 2 heterocycles. The van der Waals surface area contributed by atoms with Gasteiger partial charge in [0.15, 0.2) is 6.61 Å². The van der Waals surface area contributed by atoms with E-state index in [4.69, 9.17) is 0 Å². The van der Waals surface area contributed by atoms with E-state index in [2.05, 4.69) is 25.3 Å². The Hall–Kier alpha value is -3.17. The maximum Gasteiger partial charge on any atom is 0.422 e. The molecule has 2 rings (SSSR count). The molecule has 0 bridgehead atoms. The zero-order valence-electron chi connectivity index (χ0n) is 17.5. The molecule has 0 aliphatic heterocycles. The second-order valence-electron chi connectivity index (χ2n) is 7.22. The number of alkyl halides is 3. The van der Waals surface area contributed by atoms with Gasteiger partial charge in [0.05, 0.1) is 17.3 Å². The molecule has 2 aromatic heterocycles. The summed E-state index contributed by atoms with van der Waals surface area (Å²) in [5, 5.41) is 5.61. The molecule has 0 radical (unpaired) electrons. The van der Waals surface area contributed by atoms with Crippen LogP contribution in [0.3, 0.4) is 0 Å². The molecule has 2 aromatic rings. The quantitative estimate of drug-likeness (QED) is 0.627. The maximum absolute atomic E-state index is 12.7. The highest BCUT2D eigenvalue weighted by Gasteiger charge is 2.28. The molecule has 0 fully saturated rings. The molecule has 0 saturated carbocycles. The Morgan fingerprint density at radius 1 is 1.13 bits per heavy atom. The van der Waals surface area contributed by atoms with E-state index >= 15 is 0 Å². The largest absolute Gasteiger partial charge is 0.468 e. The molecule has 168 valence electrons. The number of aromatic nitrogens is 2. The molecule has 0 aliphatic rings. The number of nitrogens with zero attached hydrogens (tertiary/aromatic N) is 2. The second kappa shape index (κ2) is 10.7. The van der Waals surface area contributed by atoms with Gasteiger partial charge in [-0.3, -0.25) is 14.6 Å². The standard InChI is InChI=1S/C21H25F3N4O3/c1-13(2)19(29)26-10-8-17-16(5-4-9-25-17)20(30)28-14(3)15-6-7-18(27-11-15)31-12-21(22,23)24/h4-7,9,11,13-14H,8,10,12H2,1-3H3,(H,26,29)(H,28,30). The second-order valence-corrected chi connectivity index (χ2v) is 7.22. The van der Waals surface area contributed by atoms with Gasteiger partial charge in [-0.15, -0.1) is 0 Å². The van der Waals surface area contributed by atoms with Gasteiger partial charge in [-0.25, -0.2) is 4.98 Å². The normalized spacial score (nSPS) is 12.4. The van der Waals surface area contributed by atoms with Crippen LogP contribution < -0.4 is 15.4 Å². The summed E-state index contributed by atoms with van der Waals surface area (Å²) in [4.78, 5) is 32.5. The number of pyridine rings is 2. The van der Waals surface area contributed by atoms with Gasteiger partial charge in [0, 0.05) is 37.3 Å². The number of carbonyl (C=O) groups excluding carboxylic acids is 2. The fourth-order valence-corrected chi connectivity index (χ4v) is 2.60. The third-order valence-electron chi connectivity index (χ3n) is 4.31. The van der Waals surface area contributed by atoms with Crippen LogP contribution in [0.4, 0.5) is 13.2 Å². The first-order valence-electron chi connectivity index (χ1n) is 9.75. The Balaban J connectivity index is 1.97. The van der Waals surface area contributed by atoms with Crippen LogP contribution in [0.1, 0.15) is 48.4 Å². The third kappa shape index (κ3) is 7.88. The Morgan fingerprint density at radius 2 is 1.87 bits per heavy atom.